The van der Waals surface area contributed by atoms with Crippen LogP contribution in [0.5, 0.6) is 0 Å². The number of nitrogens with two attached hydrogens (primary N) is 1. The first-order chi connectivity index (χ1) is 8.58. The van der Waals surface area contributed by atoms with E-state index in [1.165, 1.54) is 18.2 Å². The molecule has 94 valence electrons. The van der Waals surface area contributed by atoms with Gasteiger partial charge >= 0.3 is 0 Å². The van der Waals surface area contributed by atoms with Crippen molar-refractivity contribution in [2.45, 2.75) is 12.5 Å². The average Bonchev–Trinajstić information content (AvgIpc) is 2.28. The van der Waals surface area contributed by atoms with Crippen LogP contribution in [-0.2, 0) is 6.42 Å². The summed E-state index contributed by atoms with van der Waals surface area (Å²) in [5.74, 6) is -0.666. The van der Waals surface area contributed by atoms with E-state index in [4.69, 9.17) is 5.73 Å². The largest absolute Gasteiger partial charge is 0.324 e. The molecule has 2 N–H and O–H groups in total. The lowest BCUT2D eigenvalue weighted by Gasteiger charge is -2.15. The van der Waals surface area contributed by atoms with E-state index in [0.717, 1.165) is 5.56 Å². The van der Waals surface area contributed by atoms with Gasteiger partial charge in [0.15, 0.2) is 0 Å². The van der Waals surface area contributed by atoms with Crippen LogP contribution in [0.3, 0.4) is 0 Å². The molecule has 0 heterocycles. The molecule has 1 nitrogen and oxygen atoms in total. The first-order valence-electron chi connectivity index (χ1n) is 5.52. The molecule has 2 rings (SSSR count). The third-order valence-electron chi connectivity index (χ3n) is 2.72. The molecule has 2 aromatic rings. The molecule has 4 heteroatoms. The number of halogens is 3. The van der Waals surface area contributed by atoms with Crippen molar-refractivity contribution in [1.82, 2.24) is 0 Å². The van der Waals surface area contributed by atoms with Crippen molar-refractivity contribution in [2.75, 3.05) is 0 Å². The summed E-state index contributed by atoms with van der Waals surface area (Å²) < 4.78 is 27.4. The van der Waals surface area contributed by atoms with Crippen LogP contribution in [-0.4, -0.2) is 0 Å². The molecule has 18 heavy (non-hydrogen) atoms. The topological polar surface area (TPSA) is 26.0 Å². The van der Waals surface area contributed by atoms with Crippen LogP contribution in [0.2, 0.25) is 0 Å². The first kappa shape index (κ1) is 13.2. The summed E-state index contributed by atoms with van der Waals surface area (Å²) in [6.45, 7) is 0. The highest BCUT2D eigenvalue weighted by molar-refractivity contribution is 9.10. The Bertz CT molecular complexity index is 537. The summed E-state index contributed by atoms with van der Waals surface area (Å²) >= 11 is 3.28. The predicted molar refractivity (Wildman–Crippen MR) is 71.1 cm³/mol. The van der Waals surface area contributed by atoms with Crippen LogP contribution in [0, 0.1) is 11.6 Å². The second-order valence-electron chi connectivity index (χ2n) is 4.08. The lowest BCUT2D eigenvalue weighted by molar-refractivity contribution is 0.576. The molecule has 0 saturated carbocycles. The highest BCUT2D eigenvalue weighted by Crippen LogP contribution is 2.27. The zero-order valence-corrected chi connectivity index (χ0v) is 11.1. The van der Waals surface area contributed by atoms with E-state index in [2.05, 4.69) is 15.9 Å². The number of hydrogen-bond donors (Lipinski definition) is 1. The Labute approximate surface area is 113 Å². The van der Waals surface area contributed by atoms with Crippen molar-refractivity contribution in [2.24, 2.45) is 5.73 Å². The Morgan fingerprint density at radius 2 is 1.83 bits per heavy atom. The predicted octanol–water partition coefficient (Wildman–Crippen LogP) is 3.97. The van der Waals surface area contributed by atoms with Gasteiger partial charge < -0.3 is 5.73 Å². The van der Waals surface area contributed by atoms with E-state index < -0.39 is 6.04 Å². The van der Waals surface area contributed by atoms with Gasteiger partial charge in [0.2, 0.25) is 0 Å². The zero-order chi connectivity index (χ0) is 13.1. The molecule has 0 aromatic heterocycles. The minimum Gasteiger partial charge on any atom is -0.324 e. The molecule has 0 radical (unpaired) electrons. The van der Waals surface area contributed by atoms with Gasteiger partial charge in [-0.25, -0.2) is 8.78 Å². The fraction of sp³-hybridized carbons (Fsp3) is 0.143. The van der Waals surface area contributed by atoms with Crippen LogP contribution in [0.1, 0.15) is 17.2 Å². The zero-order valence-electron chi connectivity index (χ0n) is 9.54. The fourth-order valence-electron chi connectivity index (χ4n) is 1.88. The summed E-state index contributed by atoms with van der Waals surface area (Å²) in [7, 11) is 0. The minimum atomic E-state index is -0.512. The van der Waals surface area contributed by atoms with Gasteiger partial charge in [-0.2, -0.15) is 0 Å². The van der Waals surface area contributed by atoms with E-state index in [1.807, 2.05) is 0 Å². The van der Waals surface area contributed by atoms with E-state index in [-0.39, 0.29) is 11.6 Å². The fourth-order valence-corrected chi connectivity index (χ4v) is 2.52. The van der Waals surface area contributed by atoms with Gasteiger partial charge in [0.25, 0.3) is 0 Å². The highest BCUT2D eigenvalue weighted by Gasteiger charge is 2.15. The van der Waals surface area contributed by atoms with Crippen molar-refractivity contribution in [3.05, 3.63) is 69.7 Å². The third-order valence-corrected chi connectivity index (χ3v) is 3.41. The second-order valence-corrected chi connectivity index (χ2v) is 4.93. The third kappa shape index (κ3) is 2.94. The maximum Gasteiger partial charge on any atom is 0.129 e. The van der Waals surface area contributed by atoms with Crippen molar-refractivity contribution < 1.29 is 8.78 Å². The maximum absolute atomic E-state index is 13.7. The van der Waals surface area contributed by atoms with Crippen molar-refractivity contribution in [3.63, 3.8) is 0 Å². The van der Waals surface area contributed by atoms with Gasteiger partial charge in [0.05, 0.1) is 0 Å². The molecule has 0 aliphatic carbocycles. The van der Waals surface area contributed by atoms with E-state index in [1.54, 1.807) is 24.3 Å². The maximum atomic E-state index is 13.7. The van der Waals surface area contributed by atoms with E-state index in [9.17, 15) is 8.78 Å². The van der Waals surface area contributed by atoms with Gasteiger partial charge in [-0.1, -0.05) is 34.1 Å². The van der Waals surface area contributed by atoms with Crippen molar-refractivity contribution in [1.29, 1.82) is 0 Å². The van der Waals surface area contributed by atoms with E-state index >= 15 is 0 Å². The molecule has 0 aliphatic rings. The summed E-state index contributed by atoms with van der Waals surface area (Å²) in [6.07, 6.45) is 0.386. The molecule has 0 aliphatic heterocycles. The van der Waals surface area contributed by atoms with E-state index in [0.29, 0.717) is 16.5 Å². The number of rotatable bonds is 3. The van der Waals surface area contributed by atoms with Gasteiger partial charge in [0.1, 0.15) is 11.6 Å². The Balaban J connectivity index is 2.25. The number of hydrogen-bond acceptors (Lipinski definition) is 1. The molecule has 1 atom stereocenters. The van der Waals surface area contributed by atoms with Crippen molar-refractivity contribution >= 4 is 15.9 Å². The Kier molecular flexibility index (Phi) is 4.09. The van der Waals surface area contributed by atoms with Crippen LogP contribution in [0.15, 0.2) is 46.9 Å². The smallest absolute Gasteiger partial charge is 0.129 e. The van der Waals surface area contributed by atoms with Gasteiger partial charge in [-0.3, -0.25) is 0 Å². The molecular formula is C14H12BrF2N. The Morgan fingerprint density at radius 3 is 2.50 bits per heavy atom. The van der Waals surface area contributed by atoms with Gasteiger partial charge in [-0.15, -0.1) is 0 Å². The standard InChI is InChI=1S/C14H12BrF2N/c15-11-5-2-6-12(17)14(11)13(18)8-9-3-1-4-10(16)7-9/h1-7,13H,8,18H2. The molecule has 2 aromatic carbocycles. The monoisotopic (exact) mass is 311 g/mol. The molecule has 0 saturated heterocycles. The molecule has 1 unspecified atom stereocenters. The highest BCUT2D eigenvalue weighted by atomic mass is 79.9. The van der Waals surface area contributed by atoms with Gasteiger partial charge in [0, 0.05) is 16.1 Å². The SMILES string of the molecule is NC(Cc1cccc(F)c1)c1c(F)cccc1Br. The summed E-state index contributed by atoms with van der Waals surface area (Å²) in [5.41, 5.74) is 7.15. The Morgan fingerprint density at radius 1 is 1.11 bits per heavy atom. The lowest BCUT2D eigenvalue weighted by Crippen LogP contribution is -2.15. The van der Waals surface area contributed by atoms with Crippen LogP contribution in [0.4, 0.5) is 8.78 Å². The van der Waals surface area contributed by atoms with Crippen LogP contribution >= 0.6 is 15.9 Å². The molecule has 0 amide bonds. The molecule has 0 fully saturated rings. The minimum absolute atomic E-state index is 0.313. The lowest BCUT2D eigenvalue weighted by atomic mass is 9.99. The molecular weight excluding hydrogens is 300 g/mol. The Hall–Kier alpha value is -1.26. The molecule has 0 spiro atoms. The summed E-state index contributed by atoms with van der Waals surface area (Å²) in [4.78, 5) is 0. The summed E-state index contributed by atoms with van der Waals surface area (Å²) in [5, 5.41) is 0. The normalized spacial score (nSPS) is 12.4. The quantitative estimate of drug-likeness (QED) is 0.912. The first-order valence-corrected chi connectivity index (χ1v) is 6.31. The van der Waals surface area contributed by atoms with Crippen molar-refractivity contribution in [3.8, 4) is 0 Å². The number of benzene rings is 2. The summed E-state index contributed by atoms with van der Waals surface area (Å²) in [6, 6.07) is 10.4. The van der Waals surface area contributed by atoms with Crippen LogP contribution < -0.4 is 5.73 Å². The van der Waals surface area contributed by atoms with Crippen LogP contribution in [0.25, 0.3) is 0 Å². The average molecular weight is 312 g/mol. The van der Waals surface area contributed by atoms with Gasteiger partial charge in [-0.05, 0) is 36.2 Å². The molecule has 0 bridgehead atoms. The second kappa shape index (κ2) is 5.59.